The van der Waals surface area contributed by atoms with Crippen molar-refractivity contribution in [2.45, 2.75) is 87.0 Å². The minimum absolute atomic E-state index is 0.0113. The molecule has 3 fully saturated rings. The number of aliphatic carboxylic acids is 1. The van der Waals surface area contributed by atoms with Crippen LogP contribution in [0.5, 0.6) is 0 Å². The van der Waals surface area contributed by atoms with E-state index in [4.69, 9.17) is 0 Å². The maximum absolute atomic E-state index is 14.3. The summed E-state index contributed by atoms with van der Waals surface area (Å²) in [6.07, 6.45) is 8.27. The maximum atomic E-state index is 14.3. The Morgan fingerprint density at radius 3 is 2.31 bits per heavy atom. The smallest absolute Gasteiger partial charge is 0.309 e. The lowest BCUT2D eigenvalue weighted by Crippen LogP contribution is -2.66. The van der Waals surface area contributed by atoms with Gasteiger partial charge in [-0.2, -0.15) is 5.26 Å². The van der Waals surface area contributed by atoms with Gasteiger partial charge in [0, 0.05) is 16.7 Å². The first kappa shape index (κ1) is 25.4. The van der Waals surface area contributed by atoms with Crippen molar-refractivity contribution in [3.8, 4) is 6.07 Å². The van der Waals surface area contributed by atoms with Crippen LogP contribution in [0, 0.1) is 68.0 Å². The molecule has 194 valence electrons. The SMILES string of the molecule is C[C@@H]1[C@H]2[C@H]3C(=O)C=C4[C@@]5(C)C=C(C#N)C(=O)C(C)(C)[C@@H]5CC[C@@]4(C)[C@]3(C)CC[C@@]2(C(=O)O)CC[C@H]1C. The summed E-state index contributed by atoms with van der Waals surface area (Å²) in [7, 11) is 0. The predicted octanol–water partition coefficient (Wildman–Crippen LogP) is 6.15. The lowest BCUT2D eigenvalue weighted by molar-refractivity contribution is -0.193. The summed E-state index contributed by atoms with van der Waals surface area (Å²) >= 11 is 0. The van der Waals surface area contributed by atoms with Crippen molar-refractivity contribution in [3.63, 3.8) is 0 Å². The molecule has 0 bridgehead atoms. The third kappa shape index (κ3) is 2.74. The monoisotopic (exact) mass is 491 g/mol. The van der Waals surface area contributed by atoms with Gasteiger partial charge in [0.05, 0.1) is 11.0 Å². The Hall–Kier alpha value is -2.22. The van der Waals surface area contributed by atoms with Crippen molar-refractivity contribution in [2.75, 3.05) is 0 Å². The van der Waals surface area contributed by atoms with E-state index in [0.717, 1.165) is 24.8 Å². The van der Waals surface area contributed by atoms with E-state index in [0.29, 0.717) is 25.2 Å². The molecular weight excluding hydrogens is 450 g/mol. The van der Waals surface area contributed by atoms with Crippen LogP contribution in [0.3, 0.4) is 0 Å². The van der Waals surface area contributed by atoms with Crippen LogP contribution in [0.4, 0.5) is 0 Å². The Labute approximate surface area is 215 Å². The number of hydrogen-bond acceptors (Lipinski definition) is 4. The van der Waals surface area contributed by atoms with Crippen molar-refractivity contribution < 1.29 is 19.5 Å². The number of carboxylic acids is 1. The molecule has 0 aromatic heterocycles. The van der Waals surface area contributed by atoms with Gasteiger partial charge >= 0.3 is 5.97 Å². The second-order valence-electron chi connectivity index (χ2n) is 14.1. The van der Waals surface area contributed by atoms with Crippen molar-refractivity contribution in [2.24, 2.45) is 56.7 Å². The van der Waals surface area contributed by atoms with Crippen LogP contribution in [-0.2, 0) is 14.4 Å². The minimum atomic E-state index is -0.832. The fraction of sp³-hybridized carbons (Fsp3) is 0.742. The number of ketones is 2. The normalized spacial score (nSPS) is 49.3. The van der Waals surface area contributed by atoms with E-state index in [1.54, 1.807) is 0 Å². The molecule has 5 aliphatic carbocycles. The Kier molecular flexibility index (Phi) is 5.24. The third-order valence-electron chi connectivity index (χ3n) is 12.7. The average molecular weight is 492 g/mol. The van der Waals surface area contributed by atoms with Gasteiger partial charge in [0.15, 0.2) is 11.6 Å². The second kappa shape index (κ2) is 7.42. The minimum Gasteiger partial charge on any atom is -0.481 e. The molecule has 9 atom stereocenters. The number of allylic oxidation sites excluding steroid dienone is 4. The fourth-order valence-electron chi connectivity index (χ4n) is 10.2. The lowest BCUT2D eigenvalue weighted by atomic mass is 9.34. The standard InChI is InChI=1S/C31H41NO4/c1-17-8-11-31(26(35)36)13-12-30(7)24(23(31)18(17)2)20(33)14-22-28(5)15-19(16-32)25(34)27(3,4)21(28)9-10-29(22,30)6/h14-15,17-18,21,23-24H,8-13H2,1-7H3,(H,35,36)/t17-,18+,21+,23+,24-,28+,29-,30-,31+/m1/s1. The van der Waals surface area contributed by atoms with E-state index in [1.807, 2.05) is 26.0 Å². The molecule has 5 rings (SSSR count). The highest BCUT2D eigenvalue weighted by Crippen LogP contribution is 2.74. The Balaban J connectivity index is 1.72. The zero-order valence-electron chi connectivity index (χ0n) is 22.9. The molecule has 0 heterocycles. The molecule has 0 saturated heterocycles. The van der Waals surface area contributed by atoms with Crippen LogP contribution in [0.2, 0.25) is 0 Å². The Bertz CT molecular complexity index is 1170. The van der Waals surface area contributed by atoms with E-state index in [2.05, 4.69) is 40.7 Å². The highest BCUT2D eigenvalue weighted by Gasteiger charge is 2.71. The number of rotatable bonds is 1. The molecule has 3 saturated carbocycles. The third-order valence-corrected chi connectivity index (χ3v) is 12.7. The Morgan fingerprint density at radius 1 is 1.03 bits per heavy atom. The summed E-state index contributed by atoms with van der Waals surface area (Å²) in [5.74, 6) is -0.725. The van der Waals surface area contributed by atoms with Gasteiger partial charge in [0.1, 0.15) is 6.07 Å². The summed E-state index contributed by atoms with van der Waals surface area (Å²) in [5, 5.41) is 20.4. The molecule has 5 aliphatic rings. The predicted molar refractivity (Wildman–Crippen MR) is 136 cm³/mol. The van der Waals surface area contributed by atoms with Gasteiger partial charge in [0.2, 0.25) is 0 Å². The van der Waals surface area contributed by atoms with Gasteiger partial charge < -0.3 is 5.11 Å². The van der Waals surface area contributed by atoms with Crippen LogP contribution in [0.25, 0.3) is 0 Å². The summed E-state index contributed by atoms with van der Waals surface area (Å²) in [6, 6.07) is 2.15. The van der Waals surface area contributed by atoms with E-state index in [9.17, 15) is 24.8 Å². The molecule has 0 aromatic rings. The fourth-order valence-corrected chi connectivity index (χ4v) is 10.2. The molecule has 0 amide bonds. The van der Waals surface area contributed by atoms with Crippen LogP contribution in [0.15, 0.2) is 23.3 Å². The highest BCUT2D eigenvalue weighted by atomic mass is 16.4. The van der Waals surface area contributed by atoms with E-state index in [-0.39, 0.29) is 51.6 Å². The van der Waals surface area contributed by atoms with E-state index in [1.165, 1.54) is 0 Å². The summed E-state index contributed by atoms with van der Waals surface area (Å²) in [5.41, 5.74) is -1.50. The number of carboxylic acid groups (broad SMARTS) is 1. The van der Waals surface area contributed by atoms with Crippen LogP contribution >= 0.6 is 0 Å². The second-order valence-corrected chi connectivity index (χ2v) is 14.1. The van der Waals surface area contributed by atoms with Crippen LogP contribution < -0.4 is 0 Å². The number of hydrogen-bond donors (Lipinski definition) is 1. The molecule has 5 nitrogen and oxygen atoms in total. The average Bonchev–Trinajstić information content (AvgIpc) is 2.80. The maximum Gasteiger partial charge on any atom is 0.309 e. The van der Waals surface area contributed by atoms with Gasteiger partial charge in [0.25, 0.3) is 0 Å². The van der Waals surface area contributed by atoms with Gasteiger partial charge in [-0.15, -0.1) is 0 Å². The quantitative estimate of drug-likeness (QED) is 0.475. The van der Waals surface area contributed by atoms with Crippen molar-refractivity contribution in [1.29, 1.82) is 5.26 Å². The molecule has 36 heavy (non-hydrogen) atoms. The van der Waals surface area contributed by atoms with Gasteiger partial charge in [-0.05, 0) is 79.1 Å². The largest absolute Gasteiger partial charge is 0.481 e. The zero-order valence-corrected chi connectivity index (χ0v) is 22.9. The van der Waals surface area contributed by atoms with Crippen LogP contribution in [-0.4, -0.2) is 22.6 Å². The van der Waals surface area contributed by atoms with Crippen molar-refractivity contribution in [3.05, 3.63) is 23.3 Å². The van der Waals surface area contributed by atoms with Crippen LogP contribution in [0.1, 0.15) is 87.0 Å². The number of Topliss-reactive ketones (excluding diaryl/α,β-unsaturated/α-hetero) is 1. The zero-order chi connectivity index (χ0) is 26.6. The van der Waals surface area contributed by atoms with Gasteiger partial charge in [-0.3, -0.25) is 14.4 Å². The molecule has 0 radical (unpaired) electrons. The molecule has 1 N–H and O–H groups in total. The first-order valence-electron chi connectivity index (χ1n) is 13.8. The number of carbonyl (C=O) groups excluding carboxylic acids is 2. The lowest BCUT2D eigenvalue weighted by Gasteiger charge is -2.69. The molecule has 0 unspecified atom stereocenters. The first-order chi connectivity index (χ1) is 16.6. The first-order valence-corrected chi connectivity index (χ1v) is 13.8. The topological polar surface area (TPSA) is 95.2 Å². The van der Waals surface area contributed by atoms with Gasteiger partial charge in [-0.25, -0.2) is 0 Å². The van der Waals surface area contributed by atoms with Crippen molar-refractivity contribution in [1.82, 2.24) is 0 Å². The van der Waals surface area contributed by atoms with Crippen molar-refractivity contribution >= 4 is 17.5 Å². The molecular formula is C31H41NO4. The molecule has 5 heteroatoms. The summed E-state index contributed by atoms with van der Waals surface area (Å²) < 4.78 is 0. The number of fused-ring (bicyclic) bond motifs is 7. The Morgan fingerprint density at radius 2 is 1.69 bits per heavy atom. The molecule has 0 aliphatic heterocycles. The summed E-state index contributed by atoms with van der Waals surface area (Å²) in [4.78, 5) is 40.3. The summed E-state index contributed by atoms with van der Waals surface area (Å²) in [6.45, 7) is 14.9. The number of nitrogens with zero attached hydrogens (tertiary/aromatic N) is 1. The highest BCUT2D eigenvalue weighted by molar-refractivity contribution is 6.04. The van der Waals surface area contributed by atoms with E-state index < -0.39 is 22.2 Å². The van der Waals surface area contributed by atoms with E-state index >= 15 is 0 Å². The number of nitriles is 1. The molecule has 0 aromatic carbocycles. The molecule has 0 spiro atoms. The van der Waals surface area contributed by atoms with Gasteiger partial charge in [-0.1, -0.05) is 60.1 Å². The number of carbonyl (C=O) groups is 3.